The molecule has 1 aliphatic carbocycles. The Morgan fingerprint density at radius 2 is 2.11 bits per heavy atom. The molecule has 1 aliphatic heterocycles. The van der Waals surface area contributed by atoms with Gasteiger partial charge in [0, 0.05) is 19.1 Å². The number of nitrogens with one attached hydrogen (secondary N) is 1. The summed E-state index contributed by atoms with van der Waals surface area (Å²) in [5, 5.41) is 3.25. The minimum atomic E-state index is -0.214. The molecule has 0 aromatic carbocycles. The van der Waals surface area contributed by atoms with Crippen molar-refractivity contribution in [3.8, 4) is 0 Å². The molecular formula is C13H24N4O2. The molecule has 1 amide bonds. The SMILES string of the molecule is CCOC(=O)N1CCC(NC(N)=NC2CC2C)CC1. The van der Waals surface area contributed by atoms with Gasteiger partial charge in [-0.05, 0) is 32.1 Å². The van der Waals surface area contributed by atoms with Crippen LogP contribution in [0.5, 0.6) is 0 Å². The number of nitrogens with two attached hydrogens (primary N) is 1. The van der Waals surface area contributed by atoms with Crippen molar-refractivity contribution in [3.63, 3.8) is 0 Å². The summed E-state index contributed by atoms with van der Waals surface area (Å²) in [5.41, 5.74) is 5.88. The van der Waals surface area contributed by atoms with E-state index in [2.05, 4.69) is 17.2 Å². The number of guanidine groups is 1. The highest BCUT2D eigenvalue weighted by Crippen LogP contribution is 2.32. The fourth-order valence-corrected chi connectivity index (χ4v) is 2.33. The van der Waals surface area contributed by atoms with Crippen LogP contribution in [0.15, 0.2) is 4.99 Å². The molecule has 0 aromatic rings. The number of carbonyl (C=O) groups excluding carboxylic acids is 1. The molecule has 1 heterocycles. The number of aliphatic imine (C=N–C) groups is 1. The van der Waals surface area contributed by atoms with Gasteiger partial charge >= 0.3 is 6.09 Å². The molecule has 6 heteroatoms. The maximum atomic E-state index is 11.6. The Kier molecular flexibility index (Phi) is 4.50. The van der Waals surface area contributed by atoms with E-state index in [4.69, 9.17) is 10.5 Å². The second kappa shape index (κ2) is 6.12. The predicted octanol–water partition coefficient (Wildman–Crippen LogP) is 0.920. The van der Waals surface area contributed by atoms with E-state index in [0.29, 0.717) is 43.7 Å². The largest absolute Gasteiger partial charge is 0.450 e. The zero-order valence-electron chi connectivity index (χ0n) is 11.8. The monoisotopic (exact) mass is 268 g/mol. The number of piperidine rings is 1. The van der Waals surface area contributed by atoms with Gasteiger partial charge in [0.2, 0.25) is 0 Å². The average molecular weight is 268 g/mol. The number of likely N-dealkylation sites (tertiary alicyclic amines) is 1. The second-order valence-electron chi connectivity index (χ2n) is 5.40. The van der Waals surface area contributed by atoms with E-state index in [-0.39, 0.29) is 6.09 Å². The predicted molar refractivity (Wildman–Crippen MR) is 73.9 cm³/mol. The van der Waals surface area contributed by atoms with Crippen LogP contribution in [-0.2, 0) is 4.74 Å². The van der Waals surface area contributed by atoms with Crippen molar-refractivity contribution in [1.29, 1.82) is 0 Å². The molecule has 19 heavy (non-hydrogen) atoms. The van der Waals surface area contributed by atoms with Gasteiger partial charge in [0.25, 0.3) is 0 Å². The highest BCUT2D eigenvalue weighted by atomic mass is 16.6. The molecule has 0 spiro atoms. The van der Waals surface area contributed by atoms with Crippen LogP contribution < -0.4 is 11.1 Å². The second-order valence-corrected chi connectivity index (χ2v) is 5.40. The van der Waals surface area contributed by atoms with Gasteiger partial charge < -0.3 is 20.7 Å². The summed E-state index contributed by atoms with van der Waals surface area (Å²) in [6.45, 7) is 5.85. The smallest absolute Gasteiger partial charge is 0.409 e. The Morgan fingerprint density at radius 3 is 2.63 bits per heavy atom. The number of amides is 1. The molecule has 2 unspecified atom stereocenters. The number of ether oxygens (including phenoxy) is 1. The van der Waals surface area contributed by atoms with E-state index in [0.717, 1.165) is 19.3 Å². The minimum Gasteiger partial charge on any atom is -0.450 e. The van der Waals surface area contributed by atoms with Crippen molar-refractivity contribution in [1.82, 2.24) is 10.2 Å². The summed E-state index contributed by atoms with van der Waals surface area (Å²) in [6, 6.07) is 0.718. The molecule has 0 radical (unpaired) electrons. The van der Waals surface area contributed by atoms with Crippen molar-refractivity contribution in [2.75, 3.05) is 19.7 Å². The molecule has 0 aromatic heterocycles. The quantitative estimate of drug-likeness (QED) is 0.589. The summed E-state index contributed by atoms with van der Waals surface area (Å²) in [5.74, 6) is 1.22. The first-order valence-corrected chi connectivity index (χ1v) is 7.11. The molecule has 108 valence electrons. The molecule has 2 rings (SSSR count). The molecule has 0 bridgehead atoms. The zero-order chi connectivity index (χ0) is 13.8. The van der Waals surface area contributed by atoms with Gasteiger partial charge in [-0.15, -0.1) is 0 Å². The third-order valence-corrected chi connectivity index (χ3v) is 3.74. The van der Waals surface area contributed by atoms with Gasteiger partial charge in [0.1, 0.15) is 0 Å². The van der Waals surface area contributed by atoms with Crippen LogP contribution in [0.4, 0.5) is 4.79 Å². The number of rotatable bonds is 3. The molecule has 6 nitrogen and oxygen atoms in total. The highest BCUT2D eigenvalue weighted by molar-refractivity contribution is 5.78. The van der Waals surface area contributed by atoms with E-state index < -0.39 is 0 Å². The van der Waals surface area contributed by atoms with Crippen LogP contribution in [0.2, 0.25) is 0 Å². The third kappa shape index (κ3) is 4.01. The normalized spacial score (nSPS) is 28.1. The van der Waals surface area contributed by atoms with Crippen molar-refractivity contribution in [2.24, 2.45) is 16.6 Å². The fraction of sp³-hybridized carbons (Fsp3) is 0.846. The molecule has 1 saturated heterocycles. The van der Waals surface area contributed by atoms with Crippen LogP contribution in [-0.4, -0.2) is 48.7 Å². The van der Waals surface area contributed by atoms with Crippen LogP contribution in [0, 0.1) is 5.92 Å². The topological polar surface area (TPSA) is 80.0 Å². The molecule has 2 aliphatic rings. The lowest BCUT2D eigenvalue weighted by Crippen LogP contribution is -2.48. The first-order valence-electron chi connectivity index (χ1n) is 7.11. The molecule has 2 fully saturated rings. The number of nitrogens with zero attached hydrogens (tertiary/aromatic N) is 2. The van der Waals surface area contributed by atoms with Crippen LogP contribution in [0.3, 0.4) is 0 Å². The molecular weight excluding hydrogens is 244 g/mol. The van der Waals surface area contributed by atoms with Crippen molar-refractivity contribution >= 4 is 12.1 Å². The highest BCUT2D eigenvalue weighted by Gasteiger charge is 2.32. The number of hydrogen-bond acceptors (Lipinski definition) is 3. The number of carbonyl (C=O) groups is 1. The van der Waals surface area contributed by atoms with Gasteiger partial charge in [-0.1, -0.05) is 6.92 Å². The van der Waals surface area contributed by atoms with Gasteiger partial charge in [-0.2, -0.15) is 0 Å². The zero-order valence-corrected chi connectivity index (χ0v) is 11.8. The van der Waals surface area contributed by atoms with Crippen LogP contribution in [0.1, 0.15) is 33.1 Å². The summed E-state index contributed by atoms with van der Waals surface area (Å²) in [6.07, 6.45) is 2.70. The Morgan fingerprint density at radius 1 is 1.47 bits per heavy atom. The Bertz CT molecular complexity index is 351. The van der Waals surface area contributed by atoms with E-state index in [1.165, 1.54) is 0 Å². The summed E-state index contributed by atoms with van der Waals surface area (Å²) in [7, 11) is 0. The molecule has 2 atom stereocenters. The van der Waals surface area contributed by atoms with Gasteiger partial charge in [0.05, 0.1) is 12.6 Å². The van der Waals surface area contributed by atoms with Gasteiger partial charge in [-0.3, -0.25) is 0 Å². The average Bonchev–Trinajstić information content (AvgIpc) is 3.05. The van der Waals surface area contributed by atoms with Crippen molar-refractivity contribution in [2.45, 2.75) is 45.2 Å². The Balaban J connectivity index is 1.71. The molecule has 1 saturated carbocycles. The molecule has 3 N–H and O–H groups in total. The first kappa shape index (κ1) is 14.0. The van der Waals surface area contributed by atoms with E-state index in [1.807, 2.05) is 6.92 Å². The lowest BCUT2D eigenvalue weighted by molar-refractivity contribution is 0.0963. The maximum Gasteiger partial charge on any atom is 0.409 e. The number of hydrogen-bond donors (Lipinski definition) is 2. The minimum absolute atomic E-state index is 0.214. The van der Waals surface area contributed by atoms with E-state index in [1.54, 1.807) is 4.90 Å². The van der Waals surface area contributed by atoms with E-state index in [9.17, 15) is 4.79 Å². The third-order valence-electron chi connectivity index (χ3n) is 3.74. The van der Waals surface area contributed by atoms with Crippen LogP contribution in [0.25, 0.3) is 0 Å². The van der Waals surface area contributed by atoms with Gasteiger partial charge in [-0.25, -0.2) is 9.79 Å². The lowest BCUT2D eigenvalue weighted by Gasteiger charge is -2.31. The first-order chi connectivity index (χ1) is 9.10. The summed E-state index contributed by atoms with van der Waals surface area (Å²) < 4.78 is 4.99. The Hall–Kier alpha value is -1.46. The lowest BCUT2D eigenvalue weighted by atomic mass is 10.1. The van der Waals surface area contributed by atoms with Gasteiger partial charge in [0.15, 0.2) is 5.96 Å². The summed E-state index contributed by atoms with van der Waals surface area (Å²) in [4.78, 5) is 17.7. The van der Waals surface area contributed by atoms with Crippen molar-refractivity contribution in [3.05, 3.63) is 0 Å². The Labute approximate surface area is 114 Å². The van der Waals surface area contributed by atoms with E-state index >= 15 is 0 Å². The van der Waals surface area contributed by atoms with Crippen LogP contribution >= 0.6 is 0 Å². The summed E-state index contributed by atoms with van der Waals surface area (Å²) >= 11 is 0. The maximum absolute atomic E-state index is 11.6. The van der Waals surface area contributed by atoms with Crippen molar-refractivity contribution < 1.29 is 9.53 Å². The fourth-order valence-electron chi connectivity index (χ4n) is 2.33. The standard InChI is InChI=1S/C13H24N4O2/c1-3-19-13(18)17-6-4-10(5-7-17)15-12(14)16-11-8-9(11)2/h9-11H,3-8H2,1-2H3,(H3,14,15,16).